The van der Waals surface area contributed by atoms with Crippen molar-refractivity contribution in [3.05, 3.63) is 28.5 Å². The fourth-order valence-corrected chi connectivity index (χ4v) is 3.50. The second kappa shape index (κ2) is 3.68. The van der Waals surface area contributed by atoms with Crippen molar-refractivity contribution in [3.8, 4) is 10.8 Å². The van der Waals surface area contributed by atoms with Gasteiger partial charge in [0.05, 0.1) is 5.69 Å². The van der Waals surface area contributed by atoms with Crippen LogP contribution in [-0.2, 0) is 5.41 Å². The average Bonchev–Trinajstić information content (AvgIpc) is 2.83. The van der Waals surface area contributed by atoms with Crippen LogP contribution >= 0.6 is 11.3 Å². The minimum absolute atomic E-state index is 0.224. The molecule has 4 heteroatoms. The van der Waals surface area contributed by atoms with Gasteiger partial charge in [0.25, 0.3) is 0 Å². The first kappa shape index (κ1) is 11.0. The Hall–Kier alpha value is -1.13. The van der Waals surface area contributed by atoms with Crippen LogP contribution in [0.25, 0.3) is 10.8 Å². The Kier molecular flexibility index (Phi) is 2.38. The highest BCUT2D eigenvalue weighted by atomic mass is 32.1. The largest absolute Gasteiger partial charge is 0.459 e. The zero-order valence-corrected chi connectivity index (χ0v) is 10.9. The molecule has 90 valence electrons. The molecule has 0 aromatic carbocycles. The third kappa shape index (κ3) is 1.72. The molecule has 0 unspecified atom stereocenters. The summed E-state index contributed by atoms with van der Waals surface area (Å²) in [6, 6.07) is 3.96. The molecule has 2 heterocycles. The van der Waals surface area contributed by atoms with Crippen molar-refractivity contribution in [2.45, 2.75) is 32.1 Å². The summed E-state index contributed by atoms with van der Waals surface area (Å²) < 4.78 is 5.62. The molecule has 1 aliphatic rings. The molecule has 0 aliphatic heterocycles. The number of nitrogens with zero attached hydrogens (tertiary/aromatic N) is 1. The topological polar surface area (TPSA) is 52.0 Å². The maximum Gasteiger partial charge on any atom is 0.162 e. The molecular formula is C13H16N2OS. The zero-order valence-electron chi connectivity index (χ0n) is 10.1. The van der Waals surface area contributed by atoms with Gasteiger partial charge in [-0.05, 0) is 38.8 Å². The molecule has 0 saturated heterocycles. The molecule has 1 saturated carbocycles. The third-order valence-corrected chi connectivity index (χ3v) is 4.89. The van der Waals surface area contributed by atoms with Gasteiger partial charge in [0.1, 0.15) is 5.76 Å². The van der Waals surface area contributed by atoms with Crippen molar-refractivity contribution in [3.63, 3.8) is 0 Å². The summed E-state index contributed by atoms with van der Waals surface area (Å²) in [5, 5.41) is 0.977. The number of aromatic nitrogens is 1. The number of hydrogen-bond acceptors (Lipinski definition) is 4. The van der Waals surface area contributed by atoms with Crippen LogP contribution in [0.15, 0.2) is 16.5 Å². The Bertz CT molecular complexity index is 552. The first-order valence-corrected chi connectivity index (χ1v) is 6.71. The summed E-state index contributed by atoms with van der Waals surface area (Å²) >= 11 is 1.74. The van der Waals surface area contributed by atoms with Gasteiger partial charge in [-0.25, -0.2) is 4.98 Å². The van der Waals surface area contributed by atoms with E-state index in [0.29, 0.717) is 0 Å². The van der Waals surface area contributed by atoms with E-state index in [4.69, 9.17) is 10.2 Å². The Morgan fingerprint density at radius 3 is 2.71 bits per heavy atom. The second-order valence-electron chi connectivity index (χ2n) is 4.83. The van der Waals surface area contributed by atoms with Gasteiger partial charge in [0.2, 0.25) is 0 Å². The van der Waals surface area contributed by atoms with Crippen LogP contribution in [-0.4, -0.2) is 11.5 Å². The van der Waals surface area contributed by atoms with Crippen LogP contribution in [0.2, 0.25) is 0 Å². The predicted molar refractivity (Wildman–Crippen MR) is 69.3 cm³/mol. The van der Waals surface area contributed by atoms with E-state index in [1.54, 1.807) is 11.3 Å². The smallest absolute Gasteiger partial charge is 0.162 e. The molecule has 0 atom stereocenters. The maximum atomic E-state index is 5.88. The number of thiazole rings is 1. The molecule has 3 rings (SSSR count). The summed E-state index contributed by atoms with van der Waals surface area (Å²) in [6.07, 6.45) is 2.40. The minimum atomic E-state index is 0.224. The van der Waals surface area contributed by atoms with E-state index in [9.17, 15) is 0 Å². The molecule has 1 aliphatic carbocycles. The lowest BCUT2D eigenvalue weighted by molar-refractivity contribution is 0.548. The van der Waals surface area contributed by atoms with E-state index < -0.39 is 0 Å². The quantitative estimate of drug-likeness (QED) is 0.908. The highest BCUT2D eigenvalue weighted by Crippen LogP contribution is 2.51. The minimum Gasteiger partial charge on any atom is -0.459 e. The Labute approximate surface area is 105 Å². The maximum absolute atomic E-state index is 5.88. The molecule has 0 radical (unpaired) electrons. The first-order chi connectivity index (χ1) is 8.14. The summed E-state index contributed by atoms with van der Waals surface area (Å²) in [4.78, 5) is 5.97. The van der Waals surface area contributed by atoms with Gasteiger partial charge in [0, 0.05) is 16.8 Å². The SMILES string of the molecule is Cc1ccc(-c2nc(C)c(C3(CN)CC3)s2)o1. The van der Waals surface area contributed by atoms with Crippen LogP contribution in [0, 0.1) is 13.8 Å². The molecule has 1 fully saturated rings. The van der Waals surface area contributed by atoms with Gasteiger partial charge >= 0.3 is 0 Å². The molecule has 3 nitrogen and oxygen atoms in total. The van der Waals surface area contributed by atoms with Gasteiger partial charge in [-0.2, -0.15) is 0 Å². The number of furan rings is 1. The molecule has 0 amide bonds. The van der Waals surface area contributed by atoms with Crippen molar-refractivity contribution in [1.82, 2.24) is 4.98 Å². The van der Waals surface area contributed by atoms with Gasteiger partial charge < -0.3 is 10.2 Å². The highest BCUT2D eigenvalue weighted by molar-refractivity contribution is 7.15. The first-order valence-electron chi connectivity index (χ1n) is 5.89. The summed E-state index contributed by atoms with van der Waals surface area (Å²) in [7, 11) is 0. The van der Waals surface area contributed by atoms with Crippen molar-refractivity contribution in [2.24, 2.45) is 5.73 Å². The van der Waals surface area contributed by atoms with Crippen molar-refractivity contribution < 1.29 is 4.42 Å². The molecule has 2 N–H and O–H groups in total. The molecular weight excluding hydrogens is 232 g/mol. The van der Waals surface area contributed by atoms with Crippen molar-refractivity contribution in [2.75, 3.05) is 6.54 Å². The predicted octanol–water partition coefficient (Wildman–Crippen LogP) is 3.01. The fraction of sp³-hybridized carbons (Fsp3) is 0.462. The van der Waals surface area contributed by atoms with Gasteiger partial charge in [-0.3, -0.25) is 0 Å². The number of rotatable bonds is 3. The van der Waals surface area contributed by atoms with Gasteiger partial charge in [0.15, 0.2) is 10.8 Å². The van der Waals surface area contributed by atoms with Crippen LogP contribution < -0.4 is 5.73 Å². The van der Waals surface area contributed by atoms with E-state index in [1.165, 1.54) is 17.7 Å². The van der Waals surface area contributed by atoms with E-state index >= 15 is 0 Å². The monoisotopic (exact) mass is 248 g/mol. The van der Waals surface area contributed by atoms with Crippen molar-refractivity contribution >= 4 is 11.3 Å². The number of aryl methyl sites for hydroxylation is 2. The van der Waals surface area contributed by atoms with E-state index in [0.717, 1.165) is 28.8 Å². The van der Waals surface area contributed by atoms with Crippen molar-refractivity contribution in [1.29, 1.82) is 0 Å². The Balaban J connectivity index is 2.01. The number of nitrogens with two attached hydrogens (primary N) is 1. The van der Waals surface area contributed by atoms with Gasteiger partial charge in [-0.1, -0.05) is 0 Å². The van der Waals surface area contributed by atoms with E-state index in [-0.39, 0.29) is 5.41 Å². The summed E-state index contributed by atoms with van der Waals surface area (Å²) in [5.41, 5.74) is 7.21. The summed E-state index contributed by atoms with van der Waals surface area (Å²) in [5.74, 6) is 1.80. The Morgan fingerprint density at radius 2 is 2.18 bits per heavy atom. The van der Waals surface area contributed by atoms with Gasteiger partial charge in [-0.15, -0.1) is 11.3 Å². The lowest BCUT2D eigenvalue weighted by Crippen LogP contribution is -2.19. The van der Waals surface area contributed by atoms with E-state index in [2.05, 4.69) is 11.9 Å². The molecule has 17 heavy (non-hydrogen) atoms. The highest BCUT2D eigenvalue weighted by Gasteiger charge is 2.45. The molecule has 2 aromatic rings. The lowest BCUT2D eigenvalue weighted by Gasteiger charge is -2.09. The second-order valence-corrected chi connectivity index (χ2v) is 5.83. The summed E-state index contributed by atoms with van der Waals surface area (Å²) in [6.45, 7) is 4.75. The van der Waals surface area contributed by atoms with Crippen LogP contribution in [0.3, 0.4) is 0 Å². The third-order valence-electron chi connectivity index (χ3n) is 3.47. The van der Waals surface area contributed by atoms with E-state index in [1.807, 2.05) is 19.1 Å². The molecule has 2 aromatic heterocycles. The standard InChI is InChI=1S/C13H16N2OS/c1-8-3-4-10(16-8)12-15-9(2)11(17-12)13(7-14)5-6-13/h3-4H,5-7,14H2,1-2H3. The van der Waals surface area contributed by atoms with Crippen LogP contribution in [0.5, 0.6) is 0 Å². The normalized spacial score (nSPS) is 17.4. The van der Waals surface area contributed by atoms with Crippen LogP contribution in [0.1, 0.15) is 29.2 Å². The average molecular weight is 248 g/mol. The number of hydrogen-bond donors (Lipinski definition) is 1. The lowest BCUT2D eigenvalue weighted by atomic mass is 10.0. The molecule has 0 spiro atoms. The molecule has 0 bridgehead atoms. The fourth-order valence-electron chi connectivity index (χ4n) is 2.22. The Morgan fingerprint density at radius 1 is 1.41 bits per heavy atom. The zero-order chi connectivity index (χ0) is 12.0. The van der Waals surface area contributed by atoms with Crippen LogP contribution in [0.4, 0.5) is 0 Å².